The second-order valence-electron chi connectivity index (χ2n) is 6.24. The minimum Gasteiger partial charge on any atom is -0.478 e. The van der Waals surface area contributed by atoms with E-state index in [1.165, 1.54) is 30.6 Å². The van der Waals surface area contributed by atoms with Crippen LogP contribution in [0.4, 0.5) is 18.9 Å². The first kappa shape index (κ1) is 21.9. The van der Waals surface area contributed by atoms with Crippen LogP contribution in [0.1, 0.15) is 37.4 Å². The number of aromatic nitrogens is 1. The molecule has 0 spiro atoms. The van der Waals surface area contributed by atoms with E-state index in [1.807, 2.05) is 0 Å². The first-order valence-corrected chi connectivity index (χ1v) is 9.00. The molecule has 9 heteroatoms. The highest BCUT2D eigenvalue weighted by molar-refractivity contribution is 6.31. The fourth-order valence-electron chi connectivity index (χ4n) is 2.53. The second-order valence-corrected chi connectivity index (χ2v) is 6.65. The van der Waals surface area contributed by atoms with Gasteiger partial charge in [-0.2, -0.15) is 13.2 Å². The standard InChI is InChI=1S/C22H12ClF3N2O3/c23-19-7-6-15(10-18(19)22(24,25)26)20(29)28-17-3-1-2-13(9-17)4-5-14-8-16(21(30)31)12-27-11-14/h1-3,6-12H,(H,28,29)(H,30,31). The highest BCUT2D eigenvalue weighted by Gasteiger charge is 2.33. The molecule has 156 valence electrons. The van der Waals surface area contributed by atoms with Crippen molar-refractivity contribution in [2.45, 2.75) is 6.18 Å². The van der Waals surface area contributed by atoms with E-state index < -0.39 is 28.6 Å². The van der Waals surface area contributed by atoms with Crippen LogP contribution >= 0.6 is 11.6 Å². The van der Waals surface area contributed by atoms with Gasteiger partial charge in [-0.15, -0.1) is 0 Å². The number of nitrogens with one attached hydrogen (secondary N) is 1. The zero-order valence-electron chi connectivity index (χ0n) is 15.5. The van der Waals surface area contributed by atoms with Gasteiger partial charge in [-0.05, 0) is 42.5 Å². The monoisotopic (exact) mass is 444 g/mol. The third-order valence-electron chi connectivity index (χ3n) is 3.99. The van der Waals surface area contributed by atoms with Crippen molar-refractivity contribution < 1.29 is 27.9 Å². The van der Waals surface area contributed by atoms with Crippen LogP contribution in [0.25, 0.3) is 0 Å². The fraction of sp³-hybridized carbons (Fsp3) is 0.0455. The molecule has 31 heavy (non-hydrogen) atoms. The summed E-state index contributed by atoms with van der Waals surface area (Å²) in [4.78, 5) is 27.2. The Labute approximate surface area is 179 Å². The van der Waals surface area contributed by atoms with Crippen LogP contribution in [0.5, 0.6) is 0 Å². The van der Waals surface area contributed by atoms with Crippen LogP contribution in [0.15, 0.2) is 60.9 Å². The van der Waals surface area contributed by atoms with Gasteiger partial charge in [-0.25, -0.2) is 4.79 Å². The third kappa shape index (κ3) is 5.62. The molecule has 1 heterocycles. The van der Waals surface area contributed by atoms with Crippen molar-refractivity contribution in [2.75, 3.05) is 5.32 Å². The van der Waals surface area contributed by atoms with Crippen molar-refractivity contribution in [1.29, 1.82) is 0 Å². The third-order valence-corrected chi connectivity index (χ3v) is 4.32. The molecule has 3 aromatic rings. The number of benzene rings is 2. The van der Waals surface area contributed by atoms with Gasteiger partial charge in [0.2, 0.25) is 0 Å². The Bertz CT molecular complexity index is 1230. The quantitative estimate of drug-likeness (QED) is 0.551. The Balaban J connectivity index is 1.80. The molecule has 1 aromatic heterocycles. The molecule has 0 unspecified atom stereocenters. The summed E-state index contributed by atoms with van der Waals surface area (Å²) in [5.74, 6) is 3.71. The number of aromatic carboxylic acids is 1. The maximum Gasteiger partial charge on any atom is 0.417 e. The zero-order valence-corrected chi connectivity index (χ0v) is 16.3. The average Bonchev–Trinajstić information content (AvgIpc) is 2.72. The molecule has 0 radical (unpaired) electrons. The number of carboxylic acids is 1. The maximum atomic E-state index is 13.0. The minimum atomic E-state index is -4.68. The van der Waals surface area contributed by atoms with Crippen LogP contribution in [-0.4, -0.2) is 22.0 Å². The Kier molecular flexibility index (Phi) is 6.28. The van der Waals surface area contributed by atoms with Gasteiger partial charge in [0.05, 0.1) is 16.1 Å². The number of anilines is 1. The predicted molar refractivity (Wildman–Crippen MR) is 108 cm³/mol. The Morgan fingerprint density at radius 2 is 1.71 bits per heavy atom. The largest absolute Gasteiger partial charge is 0.478 e. The molecule has 3 rings (SSSR count). The van der Waals surface area contributed by atoms with Crippen LogP contribution in [0, 0.1) is 11.8 Å². The van der Waals surface area contributed by atoms with E-state index in [1.54, 1.807) is 18.2 Å². The first-order valence-electron chi connectivity index (χ1n) is 8.62. The van der Waals surface area contributed by atoms with Gasteiger partial charge < -0.3 is 10.4 Å². The zero-order chi connectivity index (χ0) is 22.6. The van der Waals surface area contributed by atoms with Crippen LogP contribution < -0.4 is 5.32 Å². The van der Waals surface area contributed by atoms with E-state index in [-0.39, 0.29) is 11.1 Å². The molecule has 1 amide bonds. The molecule has 5 nitrogen and oxygen atoms in total. The van der Waals surface area contributed by atoms with E-state index in [0.29, 0.717) is 22.9 Å². The van der Waals surface area contributed by atoms with Crippen molar-refractivity contribution in [3.63, 3.8) is 0 Å². The maximum absolute atomic E-state index is 13.0. The summed E-state index contributed by atoms with van der Waals surface area (Å²) in [6, 6.07) is 10.6. The summed E-state index contributed by atoms with van der Waals surface area (Å²) in [6.45, 7) is 0. The van der Waals surface area contributed by atoms with Crippen molar-refractivity contribution in [3.05, 3.63) is 93.8 Å². The number of amides is 1. The minimum absolute atomic E-state index is 0.00555. The summed E-state index contributed by atoms with van der Waals surface area (Å²) < 4.78 is 39.0. The SMILES string of the molecule is O=C(O)c1cncc(C#Cc2cccc(NC(=O)c3ccc(Cl)c(C(F)(F)F)c3)c2)c1. The molecule has 2 N–H and O–H groups in total. The van der Waals surface area contributed by atoms with Crippen molar-refractivity contribution >= 4 is 29.2 Å². The lowest BCUT2D eigenvalue weighted by Crippen LogP contribution is -2.14. The van der Waals surface area contributed by atoms with Crippen LogP contribution in [0.2, 0.25) is 5.02 Å². The molecule has 0 fully saturated rings. The number of hydrogen-bond donors (Lipinski definition) is 2. The second kappa shape index (κ2) is 8.90. The first-order chi connectivity index (χ1) is 14.6. The number of carboxylic acid groups (broad SMARTS) is 1. The molecule has 0 bridgehead atoms. The Hall–Kier alpha value is -3.83. The number of halogens is 4. The normalized spacial score (nSPS) is 10.7. The number of alkyl halides is 3. The number of pyridine rings is 1. The molecule has 0 saturated heterocycles. The summed E-state index contributed by atoms with van der Waals surface area (Å²) in [7, 11) is 0. The Morgan fingerprint density at radius 3 is 2.42 bits per heavy atom. The van der Waals surface area contributed by atoms with Gasteiger partial charge in [-0.1, -0.05) is 29.5 Å². The van der Waals surface area contributed by atoms with Crippen molar-refractivity contribution in [2.24, 2.45) is 0 Å². The number of rotatable bonds is 3. The smallest absolute Gasteiger partial charge is 0.417 e. The predicted octanol–water partition coefficient (Wildman–Crippen LogP) is 5.10. The van der Waals surface area contributed by atoms with E-state index in [2.05, 4.69) is 22.1 Å². The summed E-state index contributed by atoms with van der Waals surface area (Å²) >= 11 is 5.57. The molecule has 0 saturated carbocycles. The summed E-state index contributed by atoms with van der Waals surface area (Å²) in [5.41, 5.74) is -0.115. The lowest BCUT2D eigenvalue weighted by atomic mass is 10.1. The van der Waals surface area contributed by atoms with Gasteiger partial charge in [0, 0.05) is 34.8 Å². The van der Waals surface area contributed by atoms with Gasteiger partial charge in [0.15, 0.2) is 0 Å². The number of nitrogens with zero attached hydrogens (tertiary/aromatic N) is 1. The fourth-order valence-corrected chi connectivity index (χ4v) is 2.76. The topological polar surface area (TPSA) is 79.3 Å². The van der Waals surface area contributed by atoms with Crippen molar-refractivity contribution in [3.8, 4) is 11.8 Å². The molecule has 0 aliphatic heterocycles. The van der Waals surface area contributed by atoms with E-state index >= 15 is 0 Å². The van der Waals surface area contributed by atoms with Crippen LogP contribution in [-0.2, 0) is 6.18 Å². The lowest BCUT2D eigenvalue weighted by molar-refractivity contribution is -0.137. The molecule has 0 atom stereocenters. The molecule has 0 aliphatic carbocycles. The van der Waals surface area contributed by atoms with E-state index in [9.17, 15) is 22.8 Å². The molecule has 0 aliphatic rings. The number of carbonyl (C=O) groups is 2. The van der Waals surface area contributed by atoms with Gasteiger partial charge in [-0.3, -0.25) is 9.78 Å². The molecule has 2 aromatic carbocycles. The highest BCUT2D eigenvalue weighted by atomic mass is 35.5. The average molecular weight is 445 g/mol. The highest BCUT2D eigenvalue weighted by Crippen LogP contribution is 2.35. The van der Waals surface area contributed by atoms with Gasteiger partial charge >= 0.3 is 12.1 Å². The summed E-state index contributed by atoms with van der Waals surface area (Å²) in [5, 5.41) is 11.0. The van der Waals surface area contributed by atoms with Crippen LogP contribution in [0.3, 0.4) is 0 Å². The van der Waals surface area contributed by atoms with Crippen molar-refractivity contribution in [1.82, 2.24) is 4.98 Å². The van der Waals surface area contributed by atoms with Gasteiger partial charge in [0.1, 0.15) is 0 Å². The molecular formula is C22H12ClF3N2O3. The number of hydrogen-bond acceptors (Lipinski definition) is 3. The summed E-state index contributed by atoms with van der Waals surface area (Å²) in [6.07, 6.45) is -2.08. The molecular weight excluding hydrogens is 433 g/mol. The van der Waals surface area contributed by atoms with E-state index in [0.717, 1.165) is 6.07 Å². The van der Waals surface area contributed by atoms with Gasteiger partial charge in [0.25, 0.3) is 5.91 Å². The lowest BCUT2D eigenvalue weighted by Gasteiger charge is -2.11. The number of carbonyl (C=O) groups excluding carboxylic acids is 1. The Morgan fingerprint density at radius 1 is 0.968 bits per heavy atom. The van der Waals surface area contributed by atoms with E-state index in [4.69, 9.17) is 16.7 Å².